The molecular weight excluding hydrogens is 374 g/mol. The summed E-state index contributed by atoms with van der Waals surface area (Å²) in [4.78, 5) is 7.47. The van der Waals surface area contributed by atoms with E-state index in [1.165, 1.54) is 12.4 Å². The zero-order chi connectivity index (χ0) is 16.8. The van der Waals surface area contributed by atoms with Crippen molar-refractivity contribution in [1.29, 1.82) is 0 Å². The first-order valence-corrected chi connectivity index (χ1v) is 7.41. The van der Waals surface area contributed by atoms with E-state index >= 15 is 0 Å². The van der Waals surface area contributed by atoms with Crippen LogP contribution in [0, 0.1) is 0 Å². The monoisotopic (exact) mass is 379 g/mol. The summed E-state index contributed by atoms with van der Waals surface area (Å²) >= 11 is 17.7. The predicted molar refractivity (Wildman–Crippen MR) is 83.1 cm³/mol. The van der Waals surface area contributed by atoms with Crippen molar-refractivity contribution in [1.82, 2.24) is 14.5 Å². The van der Waals surface area contributed by atoms with Crippen molar-refractivity contribution in [3.63, 3.8) is 0 Å². The summed E-state index contributed by atoms with van der Waals surface area (Å²) < 4.78 is 39.9. The fourth-order valence-electron chi connectivity index (χ4n) is 2.13. The minimum Gasteiger partial charge on any atom is -0.316 e. The van der Waals surface area contributed by atoms with Crippen molar-refractivity contribution in [2.24, 2.45) is 0 Å². The highest BCUT2D eigenvalue weighted by molar-refractivity contribution is 6.40. The predicted octanol–water partition coefficient (Wildman–Crippen LogP) is 5.46. The lowest BCUT2D eigenvalue weighted by Gasteiger charge is -2.10. The van der Waals surface area contributed by atoms with Crippen LogP contribution in [0.1, 0.15) is 11.3 Å². The van der Waals surface area contributed by atoms with Crippen molar-refractivity contribution in [2.45, 2.75) is 12.7 Å². The first-order valence-electron chi connectivity index (χ1n) is 6.28. The van der Waals surface area contributed by atoms with E-state index in [2.05, 4.69) is 9.97 Å². The third-order valence-electron chi connectivity index (χ3n) is 3.20. The molecule has 3 nitrogen and oxygen atoms in total. The minimum absolute atomic E-state index is 0.0149. The van der Waals surface area contributed by atoms with Gasteiger partial charge < -0.3 is 4.57 Å². The van der Waals surface area contributed by atoms with E-state index in [4.69, 9.17) is 34.8 Å². The molecule has 2 heterocycles. The maximum atomic E-state index is 12.8. The number of benzene rings is 1. The molecule has 0 aliphatic heterocycles. The van der Waals surface area contributed by atoms with Crippen LogP contribution in [0.15, 0.2) is 30.6 Å². The molecule has 0 bridgehead atoms. The van der Waals surface area contributed by atoms with E-state index < -0.39 is 11.9 Å². The van der Waals surface area contributed by atoms with Gasteiger partial charge in [0.2, 0.25) is 0 Å². The summed E-state index contributed by atoms with van der Waals surface area (Å²) in [5.74, 6) is 0. The van der Waals surface area contributed by atoms with Gasteiger partial charge in [-0.15, -0.1) is 0 Å². The third kappa shape index (κ3) is 3.24. The van der Waals surface area contributed by atoms with Crippen LogP contribution in [0.25, 0.3) is 10.9 Å². The molecule has 120 valence electrons. The van der Waals surface area contributed by atoms with Gasteiger partial charge in [0, 0.05) is 11.9 Å². The van der Waals surface area contributed by atoms with Gasteiger partial charge in [-0.1, -0.05) is 40.9 Å². The van der Waals surface area contributed by atoms with Crippen LogP contribution in [0.3, 0.4) is 0 Å². The molecule has 3 rings (SSSR count). The summed E-state index contributed by atoms with van der Waals surface area (Å²) in [6.45, 7) is 0.353. The average molecular weight is 381 g/mol. The zero-order valence-electron chi connectivity index (χ0n) is 11.2. The number of pyridine rings is 1. The van der Waals surface area contributed by atoms with E-state index in [1.807, 2.05) is 0 Å². The lowest BCUT2D eigenvalue weighted by molar-refractivity contribution is -0.140. The Balaban J connectivity index is 2.02. The number of rotatable bonds is 2. The van der Waals surface area contributed by atoms with E-state index in [0.29, 0.717) is 11.9 Å². The number of aromatic nitrogens is 3. The normalized spacial score (nSPS) is 12.1. The summed E-state index contributed by atoms with van der Waals surface area (Å²) in [5.41, 5.74) is -0.0764. The van der Waals surface area contributed by atoms with Crippen LogP contribution in [0.5, 0.6) is 0 Å². The number of hydrogen-bond acceptors (Lipinski definition) is 2. The van der Waals surface area contributed by atoms with Crippen LogP contribution in [-0.4, -0.2) is 14.5 Å². The molecule has 0 atom stereocenters. The second-order valence-electron chi connectivity index (χ2n) is 4.79. The number of imidazole rings is 1. The van der Waals surface area contributed by atoms with Crippen LogP contribution >= 0.6 is 34.8 Å². The molecule has 0 N–H and O–H groups in total. The number of halogens is 6. The Morgan fingerprint density at radius 2 is 1.83 bits per heavy atom. The quantitative estimate of drug-likeness (QED) is 0.591. The Kier molecular flexibility index (Phi) is 4.16. The molecule has 0 saturated heterocycles. The number of alkyl halides is 3. The van der Waals surface area contributed by atoms with Gasteiger partial charge in [-0.3, -0.25) is 0 Å². The Morgan fingerprint density at radius 1 is 1.09 bits per heavy atom. The lowest BCUT2D eigenvalue weighted by Crippen LogP contribution is -2.08. The first kappa shape index (κ1) is 16.4. The average Bonchev–Trinajstić information content (AvgIpc) is 2.79. The molecular formula is C14H7Cl3F3N3. The highest BCUT2D eigenvalue weighted by Crippen LogP contribution is 2.33. The highest BCUT2D eigenvalue weighted by atomic mass is 35.5. The standard InChI is InChI=1S/C14H7Cl3F3N3/c15-9-4-11(14(18,19)20)22-10-2-1-7(3-8(9)10)5-23-6-21-12(16)13(23)17/h1-4,6H,5H2. The van der Waals surface area contributed by atoms with Gasteiger partial charge in [-0.2, -0.15) is 13.2 Å². The number of fused-ring (bicyclic) bond motifs is 1. The van der Waals surface area contributed by atoms with Gasteiger partial charge in [0.25, 0.3) is 0 Å². The Hall–Kier alpha value is -1.50. The van der Waals surface area contributed by atoms with E-state index in [9.17, 15) is 13.2 Å². The number of nitrogens with zero attached hydrogens (tertiary/aromatic N) is 3. The molecule has 2 aromatic heterocycles. The summed E-state index contributed by atoms with van der Waals surface area (Å²) in [6.07, 6.45) is -3.07. The smallest absolute Gasteiger partial charge is 0.316 e. The molecule has 0 aliphatic rings. The van der Waals surface area contributed by atoms with Gasteiger partial charge in [0.05, 0.1) is 16.9 Å². The second kappa shape index (κ2) is 5.85. The van der Waals surface area contributed by atoms with Gasteiger partial charge in [0.15, 0.2) is 5.15 Å². The second-order valence-corrected chi connectivity index (χ2v) is 5.92. The van der Waals surface area contributed by atoms with Gasteiger partial charge in [0.1, 0.15) is 10.8 Å². The lowest BCUT2D eigenvalue weighted by atomic mass is 10.1. The largest absolute Gasteiger partial charge is 0.433 e. The zero-order valence-corrected chi connectivity index (χ0v) is 13.5. The molecule has 0 saturated carbocycles. The van der Waals surface area contributed by atoms with Crippen LogP contribution < -0.4 is 0 Å². The van der Waals surface area contributed by atoms with Crippen molar-refractivity contribution in [2.75, 3.05) is 0 Å². The van der Waals surface area contributed by atoms with E-state index in [1.54, 1.807) is 16.7 Å². The highest BCUT2D eigenvalue weighted by Gasteiger charge is 2.33. The molecule has 0 fully saturated rings. The topological polar surface area (TPSA) is 30.7 Å². The van der Waals surface area contributed by atoms with Gasteiger partial charge >= 0.3 is 6.18 Å². The molecule has 1 aromatic carbocycles. The maximum absolute atomic E-state index is 12.8. The molecule has 0 unspecified atom stereocenters. The fraction of sp³-hybridized carbons (Fsp3) is 0.143. The maximum Gasteiger partial charge on any atom is 0.433 e. The molecule has 0 aliphatic carbocycles. The van der Waals surface area contributed by atoms with Crippen LogP contribution in [0.2, 0.25) is 15.3 Å². The summed E-state index contributed by atoms with van der Waals surface area (Å²) in [6, 6.07) is 5.61. The summed E-state index contributed by atoms with van der Waals surface area (Å²) in [5, 5.41) is 0.879. The van der Waals surface area contributed by atoms with Crippen molar-refractivity contribution in [3.8, 4) is 0 Å². The molecule has 9 heteroatoms. The van der Waals surface area contributed by atoms with Crippen LogP contribution in [-0.2, 0) is 12.7 Å². The van der Waals surface area contributed by atoms with Gasteiger partial charge in [-0.25, -0.2) is 9.97 Å². The Bertz CT molecular complexity index is 890. The third-order valence-corrected chi connectivity index (χ3v) is 4.28. The molecule has 0 amide bonds. The van der Waals surface area contributed by atoms with Crippen molar-refractivity contribution >= 4 is 45.7 Å². The van der Waals surface area contributed by atoms with E-state index in [0.717, 1.165) is 11.6 Å². The van der Waals surface area contributed by atoms with Crippen molar-refractivity contribution in [3.05, 3.63) is 57.2 Å². The fourth-order valence-corrected chi connectivity index (χ4v) is 2.68. The summed E-state index contributed by atoms with van der Waals surface area (Å²) in [7, 11) is 0. The number of hydrogen-bond donors (Lipinski definition) is 0. The van der Waals surface area contributed by atoms with Crippen LogP contribution in [0.4, 0.5) is 13.2 Å². The molecule has 0 spiro atoms. The van der Waals surface area contributed by atoms with E-state index in [-0.39, 0.29) is 20.8 Å². The molecule has 0 radical (unpaired) electrons. The van der Waals surface area contributed by atoms with Crippen molar-refractivity contribution < 1.29 is 13.2 Å². The first-order chi connectivity index (χ1) is 10.8. The Labute approximate surface area is 143 Å². The SMILES string of the molecule is FC(F)(F)c1cc(Cl)c2cc(Cn3cnc(Cl)c3Cl)ccc2n1. The van der Waals surface area contributed by atoms with Gasteiger partial charge in [-0.05, 0) is 23.8 Å². The minimum atomic E-state index is -4.54. The Morgan fingerprint density at radius 3 is 2.43 bits per heavy atom. The molecule has 23 heavy (non-hydrogen) atoms. The molecule has 3 aromatic rings.